The molecule has 3 aliphatic carbocycles. The molecule has 0 radical (unpaired) electrons. The number of hydrogen-bond donors (Lipinski definition) is 0. The Morgan fingerprint density at radius 1 is 0.368 bits per heavy atom. The van der Waals surface area contributed by atoms with Crippen molar-refractivity contribution < 1.29 is 0 Å². The van der Waals surface area contributed by atoms with Crippen LogP contribution in [0.5, 0.6) is 0 Å². The average Bonchev–Trinajstić information content (AvgIpc) is 4.14. The molecule has 1 aromatic heterocycles. The normalized spacial score (nSPS) is 17.8. The molecule has 0 aliphatic heterocycles. The Morgan fingerprint density at radius 2 is 0.838 bits per heavy atom. The second-order valence-corrected chi connectivity index (χ2v) is 20.2. The first-order valence-corrected chi connectivity index (χ1v) is 25.1. The number of fused-ring (bicyclic) bond motifs is 6. The van der Waals surface area contributed by atoms with Gasteiger partial charge >= 0.3 is 0 Å². The first-order chi connectivity index (χ1) is 33.7. The maximum Gasteiger partial charge on any atom is 0.0505 e. The smallest absolute Gasteiger partial charge is 0.0505 e. The number of para-hydroxylation sites is 2. The van der Waals surface area contributed by atoms with Gasteiger partial charge in [0.25, 0.3) is 0 Å². The highest BCUT2D eigenvalue weighted by atomic mass is 32.1. The highest BCUT2D eigenvalue weighted by Crippen LogP contribution is 2.69. The molecule has 1 heterocycles. The Hall–Kier alpha value is -7.72. The molecule has 1 spiro atoms. The molecule has 324 valence electrons. The van der Waals surface area contributed by atoms with Crippen LogP contribution >= 0.6 is 11.3 Å². The summed E-state index contributed by atoms with van der Waals surface area (Å²) >= 11 is 1.90. The number of nitrogens with zero attached hydrogens (tertiary/aromatic N) is 2. The lowest BCUT2D eigenvalue weighted by Crippen LogP contribution is -2.34. The third-order valence-electron chi connectivity index (χ3n) is 15.7. The van der Waals surface area contributed by atoms with E-state index in [1.165, 1.54) is 122 Å². The minimum atomic E-state index is -0.144. The summed E-state index contributed by atoms with van der Waals surface area (Å²) in [6, 6.07) is 86.3. The van der Waals surface area contributed by atoms with E-state index in [0.29, 0.717) is 11.8 Å². The zero-order valence-corrected chi connectivity index (χ0v) is 38.5. The summed E-state index contributed by atoms with van der Waals surface area (Å²) in [6.45, 7) is 0. The minimum Gasteiger partial charge on any atom is -0.310 e. The predicted molar refractivity (Wildman–Crippen MR) is 288 cm³/mol. The van der Waals surface area contributed by atoms with E-state index in [1.807, 2.05) is 11.3 Å². The van der Waals surface area contributed by atoms with Gasteiger partial charge in [-0.25, -0.2) is 0 Å². The van der Waals surface area contributed by atoms with Gasteiger partial charge < -0.3 is 9.80 Å². The van der Waals surface area contributed by atoms with Gasteiger partial charge in [0, 0.05) is 48.3 Å². The Labute approximate surface area is 402 Å². The number of rotatable bonds is 8. The molecule has 0 saturated heterocycles. The zero-order valence-electron chi connectivity index (χ0n) is 37.7. The number of hydrogen-bond acceptors (Lipinski definition) is 3. The van der Waals surface area contributed by atoms with E-state index in [2.05, 4.69) is 240 Å². The van der Waals surface area contributed by atoms with Gasteiger partial charge in [0.1, 0.15) is 0 Å². The molecule has 3 unspecified atom stereocenters. The molecule has 3 atom stereocenters. The van der Waals surface area contributed by atoms with Crippen molar-refractivity contribution in [3.63, 3.8) is 0 Å². The summed E-state index contributed by atoms with van der Waals surface area (Å²) in [5, 5.41) is 5.16. The van der Waals surface area contributed by atoms with E-state index in [1.54, 1.807) is 0 Å². The van der Waals surface area contributed by atoms with Gasteiger partial charge in [0.05, 0.1) is 11.4 Å². The van der Waals surface area contributed by atoms with Gasteiger partial charge in [-0.3, -0.25) is 0 Å². The molecule has 14 rings (SSSR count). The van der Waals surface area contributed by atoms with E-state index in [4.69, 9.17) is 0 Å². The van der Waals surface area contributed by atoms with Crippen molar-refractivity contribution in [1.29, 1.82) is 0 Å². The summed E-state index contributed by atoms with van der Waals surface area (Å²) in [7, 11) is 0. The molecule has 68 heavy (non-hydrogen) atoms. The topological polar surface area (TPSA) is 6.48 Å². The van der Waals surface area contributed by atoms with Crippen molar-refractivity contribution >= 4 is 76.4 Å². The van der Waals surface area contributed by atoms with E-state index >= 15 is 0 Å². The maximum atomic E-state index is 2.58. The van der Waals surface area contributed by atoms with Gasteiger partial charge in [0.2, 0.25) is 0 Å². The summed E-state index contributed by atoms with van der Waals surface area (Å²) in [6.07, 6.45) is 4.67. The second-order valence-electron chi connectivity index (χ2n) is 19.1. The molecule has 1 fully saturated rings. The quantitative estimate of drug-likeness (QED) is 0.150. The number of benzene rings is 10. The van der Waals surface area contributed by atoms with E-state index in [9.17, 15) is 0 Å². The average molecular weight is 889 g/mol. The first kappa shape index (κ1) is 39.4. The number of thiophene rings is 1. The van der Waals surface area contributed by atoms with Crippen molar-refractivity contribution in [3.8, 4) is 22.3 Å². The lowest BCUT2D eigenvalue weighted by molar-refractivity contribution is 0.350. The molecule has 3 heteroatoms. The maximum absolute atomic E-state index is 2.58. The summed E-state index contributed by atoms with van der Waals surface area (Å²) in [5.41, 5.74) is 18.2. The summed E-state index contributed by atoms with van der Waals surface area (Å²) in [4.78, 5) is 5.15. The highest BCUT2D eigenvalue weighted by molar-refractivity contribution is 7.25. The monoisotopic (exact) mass is 888 g/mol. The Kier molecular flexibility index (Phi) is 9.10. The standard InChI is InChI=1S/C65H48N2S/c1-4-16-43(17-5-1)57-40-45-18-10-11-19-46(45)41-58(57)44-30-34-53(35-31-44)66(51-22-6-2-7-23-51)59-27-14-20-47-38-49-32-33-50-39-48-21-15-28-60(64(48)65(49,50)63(47)59)67(52-24-8-3-9-25-52)54-36-37-56-55-26-12-13-29-61(55)68-62(56)42-54/h1-31,34-37,40-42,49-50H,32-33,38-39H2. The van der Waals surface area contributed by atoms with Crippen molar-refractivity contribution in [2.24, 2.45) is 11.8 Å². The molecule has 0 bridgehead atoms. The van der Waals surface area contributed by atoms with Crippen molar-refractivity contribution in [3.05, 3.63) is 253 Å². The fourth-order valence-electron chi connectivity index (χ4n) is 13.0. The van der Waals surface area contributed by atoms with Gasteiger partial charge in [-0.15, -0.1) is 11.3 Å². The predicted octanol–water partition coefficient (Wildman–Crippen LogP) is 17.9. The third kappa shape index (κ3) is 6.02. The molecule has 2 nitrogen and oxygen atoms in total. The van der Waals surface area contributed by atoms with Crippen molar-refractivity contribution in [1.82, 2.24) is 0 Å². The molecule has 11 aromatic rings. The highest BCUT2D eigenvalue weighted by Gasteiger charge is 2.62. The van der Waals surface area contributed by atoms with E-state index in [0.717, 1.165) is 12.8 Å². The van der Waals surface area contributed by atoms with E-state index < -0.39 is 0 Å². The molecular formula is C65H48N2S. The summed E-state index contributed by atoms with van der Waals surface area (Å²) < 4.78 is 2.65. The third-order valence-corrected chi connectivity index (χ3v) is 16.8. The van der Waals surface area contributed by atoms with Gasteiger partial charge in [-0.05, 0) is 172 Å². The van der Waals surface area contributed by atoms with Crippen LogP contribution < -0.4 is 9.80 Å². The number of anilines is 6. The SMILES string of the molecule is c1ccc(-c2cc3ccccc3cc2-c2ccc(N(c3ccccc3)c3cccc4c3C35c6c(cccc6N(c6ccccc6)c6ccc7c(c6)sc6ccccc67)CC3CCC5C4)cc2)cc1. The molecule has 3 aliphatic rings. The summed E-state index contributed by atoms with van der Waals surface area (Å²) in [5.74, 6) is 1.02. The molecule has 0 amide bonds. The van der Waals surface area contributed by atoms with Crippen LogP contribution in [0.4, 0.5) is 34.1 Å². The Balaban J connectivity index is 0.951. The second kappa shape index (κ2) is 15.7. The van der Waals surface area contributed by atoms with Crippen LogP contribution in [0.3, 0.4) is 0 Å². The van der Waals surface area contributed by atoms with Crippen LogP contribution in [-0.4, -0.2) is 0 Å². The molecule has 10 aromatic carbocycles. The van der Waals surface area contributed by atoms with E-state index in [-0.39, 0.29) is 5.41 Å². The molecule has 0 N–H and O–H groups in total. The Bertz CT molecular complexity index is 3700. The zero-order chi connectivity index (χ0) is 44.8. The van der Waals surface area contributed by atoms with Crippen molar-refractivity contribution in [2.45, 2.75) is 31.1 Å². The molecular weight excluding hydrogens is 841 g/mol. The lowest BCUT2D eigenvalue weighted by Gasteiger charge is -2.40. The van der Waals surface area contributed by atoms with Crippen LogP contribution in [0.15, 0.2) is 231 Å². The van der Waals surface area contributed by atoms with Gasteiger partial charge in [-0.2, -0.15) is 0 Å². The fourth-order valence-corrected chi connectivity index (χ4v) is 14.2. The van der Waals surface area contributed by atoms with Gasteiger partial charge in [0.15, 0.2) is 0 Å². The van der Waals surface area contributed by atoms with Crippen LogP contribution in [0.1, 0.15) is 35.1 Å². The van der Waals surface area contributed by atoms with Crippen LogP contribution in [0.2, 0.25) is 0 Å². The fraction of sp³-hybridized carbons (Fsp3) is 0.108. The van der Waals surface area contributed by atoms with Crippen LogP contribution in [0, 0.1) is 11.8 Å². The van der Waals surface area contributed by atoms with Crippen LogP contribution in [0.25, 0.3) is 53.2 Å². The van der Waals surface area contributed by atoms with Gasteiger partial charge in [-0.1, -0.05) is 152 Å². The minimum absolute atomic E-state index is 0.144. The lowest BCUT2D eigenvalue weighted by atomic mass is 9.68. The molecule has 1 saturated carbocycles. The Morgan fingerprint density at radius 3 is 1.44 bits per heavy atom. The van der Waals surface area contributed by atoms with Crippen molar-refractivity contribution in [2.75, 3.05) is 9.80 Å². The largest absolute Gasteiger partial charge is 0.310 e. The van der Waals surface area contributed by atoms with Crippen LogP contribution in [-0.2, 0) is 18.3 Å². The first-order valence-electron chi connectivity index (χ1n) is 24.3.